The van der Waals surface area contributed by atoms with E-state index in [1.54, 1.807) is 18.5 Å². The summed E-state index contributed by atoms with van der Waals surface area (Å²) < 4.78 is 21.5. The molecule has 23 heavy (non-hydrogen) atoms. The molecular weight excluding hydrogens is 295 g/mol. The molecule has 0 saturated carbocycles. The van der Waals surface area contributed by atoms with Crippen LogP contribution in [-0.2, 0) is 4.74 Å². The van der Waals surface area contributed by atoms with Crippen LogP contribution in [0.15, 0.2) is 36.8 Å². The van der Waals surface area contributed by atoms with E-state index < -0.39 is 0 Å². The number of rotatable bonds is 2. The highest BCUT2D eigenvalue weighted by Gasteiger charge is 2.19. The quantitative estimate of drug-likeness (QED) is 0.730. The number of ether oxygens (including phenoxy) is 1. The first kappa shape index (κ1) is 14.1. The maximum Gasteiger partial charge on any atom is 0.180 e. The predicted molar refractivity (Wildman–Crippen MR) is 86.2 cm³/mol. The van der Waals surface area contributed by atoms with E-state index in [1.165, 1.54) is 6.07 Å². The van der Waals surface area contributed by atoms with E-state index in [0.29, 0.717) is 18.8 Å². The van der Waals surface area contributed by atoms with Gasteiger partial charge in [0.2, 0.25) is 0 Å². The molecule has 0 N–H and O–H groups in total. The van der Waals surface area contributed by atoms with Gasteiger partial charge >= 0.3 is 0 Å². The minimum absolute atomic E-state index is 0.248. The summed E-state index contributed by atoms with van der Waals surface area (Å²) in [7, 11) is 0. The van der Waals surface area contributed by atoms with Gasteiger partial charge in [-0.15, -0.1) is 0 Å². The van der Waals surface area contributed by atoms with Crippen LogP contribution in [0.5, 0.6) is 0 Å². The van der Waals surface area contributed by atoms with Gasteiger partial charge in [-0.3, -0.25) is 4.40 Å². The molecule has 0 bridgehead atoms. The van der Waals surface area contributed by atoms with E-state index in [4.69, 9.17) is 4.74 Å². The monoisotopic (exact) mass is 312 g/mol. The van der Waals surface area contributed by atoms with Crippen LogP contribution in [0.2, 0.25) is 0 Å². The Hall–Kier alpha value is -2.47. The van der Waals surface area contributed by atoms with E-state index >= 15 is 0 Å². The number of morpholine rings is 1. The summed E-state index contributed by atoms with van der Waals surface area (Å²) in [5.74, 6) is 0.567. The standard InChI is InChI=1S/C17H17FN4O/c1-12-2-3-14(18)13(10-12)15-11-20-17-16(19-4-5-22(15)17)21-6-8-23-9-7-21/h2-5,10-11H,6-9H2,1H3. The van der Waals surface area contributed by atoms with Gasteiger partial charge in [0.1, 0.15) is 5.82 Å². The van der Waals surface area contributed by atoms with Crippen LogP contribution in [-0.4, -0.2) is 40.7 Å². The largest absolute Gasteiger partial charge is 0.378 e. The van der Waals surface area contributed by atoms with Gasteiger partial charge in [0.15, 0.2) is 11.5 Å². The molecule has 0 spiro atoms. The first-order valence-electron chi connectivity index (χ1n) is 7.65. The van der Waals surface area contributed by atoms with Gasteiger partial charge in [-0.05, 0) is 19.1 Å². The number of halogens is 1. The zero-order valence-corrected chi connectivity index (χ0v) is 12.9. The van der Waals surface area contributed by atoms with Crippen LogP contribution in [0.1, 0.15) is 5.56 Å². The Labute approximate surface area is 133 Å². The summed E-state index contributed by atoms with van der Waals surface area (Å²) in [6, 6.07) is 5.10. The highest BCUT2D eigenvalue weighted by atomic mass is 19.1. The predicted octanol–water partition coefficient (Wildman–Crippen LogP) is 2.68. The van der Waals surface area contributed by atoms with Crippen LogP contribution < -0.4 is 4.90 Å². The van der Waals surface area contributed by atoms with Gasteiger partial charge in [-0.1, -0.05) is 11.6 Å². The summed E-state index contributed by atoms with van der Waals surface area (Å²) in [5.41, 5.74) is 3.04. The molecule has 0 unspecified atom stereocenters. The third-order valence-electron chi connectivity index (χ3n) is 4.12. The summed E-state index contributed by atoms with van der Waals surface area (Å²) in [4.78, 5) is 11.1. The SMILES string of the molecule is Cc1ccc(F)c(-c2cnc3c(N4CCOCC4)nccn23)c1. The summed E-state index contributed by atoms with van der Waals surface area (Å²) in [6.07, 6.45) is 5.26. The fraction of sp³-hybridized carbons (Fsp3) is 0.294. The molecule has 3 heterocycles. The lowest BCUT2D eigenvalue weighted by Crippen LogP contribution is -2.37. The van der Waals surface area contributed by atoms with Crippen molar-refractivity contribution >= 4 is 11.5 Å². The Morgan fingerprint density at radius 2 is 2.00 bits per heavy atom. The number of fused-ring (bicyclic) bond motifs is 1. The van der Waals surface area contributed by atoms with Gasteiger partial charge in [-0.2, -0.15) is 0 Å². The summed E-state index contributed by atoms with van der Waals surface area (Å²) in [6.45, 7) is 4.89. The van der Waals surface area contributed by atoms with Gasteiger partial charge in [0.25, 0.3) is 0 Å². The minimum Gasteiger partial charge on any atom is -0.378 e. The van der Waals surface area contributed by atoms with Crippen molar-refractivity contribution in [2.45, 2.75) is 6.92 Å². The second-order valence-electron chi connectivity index (χ2n) is 5.67. The molecule has 2 aromatic heterocycles. The van der Waals surface area contributed by atoms with E-state index in [9.17, 15) is 4.39 Å². The van der Waals surface area contributed by atoms with Crippen LogP contribution in [0.4, 0.5) is 10.2 Å². The van der Waals surface area contributed by atoms with Crippen molar-refractivity contribution in [2.75, 3.05) is 31.2 Å². The van der Waals surface area contributed by atoms with Crippen molar-refractivity contribution < 1.29 is 9.13 Å². The molecule has 3 aromatic rings. The zero-order valence-electron chi connectivity index (χ0n) is 12.9. The number of aromatic nitrogens is 3. The van der Waals surface area contributed by atoms with Crippen molar-refractivity contribution in [2.24, 2.45) is 0 Å². The smallest absolute Gasteiger partial charge is 0.180 e. The van der Waals surface area contributed by atoms with Crippen molar-refractivity contribution in [1.29, 1.82) is 0 Å². The molecule has 0 aliphatic carbocycles. The molecule has 0 amide bonds. The van der Waals surface area contributed by atoms with Crippen molar-refractivity contribution in [3.05, 3.63) is 48.2 Å². The Morgan fingerprint density at radius 3 is 2.83 bits per heavy atom. The summed E-state index contributed by atoms with van der Waals surface area (Å²) in [5, 5.41) is 0. The minimum atomic E-state index is -0.248. The maximum absolute atomic E-state index is 14.2. The molecule has 0 atom stereocenters. The van der Waals surface area contributed by atoms with Crippen LogP contribution in [0.25, 0.3) is 16.9 Å². The topological polar surface area (TPSA) is 42.7 Å². The Kier molecular flexibility index (Phi) is 3.46. The highest BCUT2D eigenvalue weighted by molar-refractivity contribution is 5.72. The molecule has 1 aliphatic heterocycles. The lowest BCUT2D eigenvalue weighted by molar-refractivity contribution is 0.122. The summed E-state index contributed by atoms with van der Waals surface area (Å²) >= 11 is 0. The fourth-order valence-corrected chi connectivity index (χ4v) is 2.94. The average Bonchev–Trinajstić information content (AvgIpc) is 3.02. The molecular formula is C17H17FN4O. The molecule has 1 fully saturated rings. The molecule has 118 valence electrons. The van der Waals surface area contributed by atoms with Crippen LogP contribution in [0.3, 0.4) is 0 Å². The van der Waals surface area contributed by atoms with Gasteiger partial charge in [-0.25, -0.2) is 14.4 Å². The first-order valence-corrected chi connectivity index (χ1v) is 7.65. The number of nitrogens with zero attached hydrogens (tertiary/aromatic N) is 4. The molecule has 0 radical (unpaired) electrons. The number of benzene rings is 1. The zero-order chi connectivity index (χ0) is 15.8. The van der Waals surface area contributed by atoms with E-state index in [2.05, 4.69) is 14.9 Å². The third kappa shape index (κ3) is 2.45. The molecule has 1 saturated heterocycles. The van der Waals surface area contributed by atoms with E-state index in [-0.39, 0.29) is 5.82 Å². The number of imidazole rings is 1. The molecule has 6 heteroatoms. The number of hydrogen-bond acceptors (Lipinski definition) is 4. The van der Waals surface area contributed by atoms with Crippen molar-refractivity contribution in [3.8, 4) is 11.3 Å². The van der Waals surface area contributed by atoms with E-state index in [0.717, 1.165) is 35.8 Å². The second kappa shape index (κ2) is 5.62. The normalized spacial score (nSPS) is 15.3. The maximum atomic E-state index is 14.2. The van der Waals surface area contributed by atoms with Crippen LogP contribution >= 0.6 is 0 Å². The van der Waals surface area contributed by atoms with Crippen molar-refractivity contribution in [3.63, 3.8) is 0 Å². The number of anilines is 1. The molecule has 1 aromatic carbocycles. The second-order valence-corrected chi connectivity index (χ2v) is 5.67. The number of hydrogen-bond donors (Lipinski definition) is 0. The Balaban J connectivity index is 1.85. The van der Waals surface area contributed by atoms with Gasteiger partial charge in [0.05, 0.1) is 25.1 Å². The van der Waals surface area contributed by atoms with Crippen molar-refractivity contribution in [1.82, 2.24) is 14.4 Å². The average molecular weight is 312 g/mol. The highest BCUT2D eigenvalue weighted by Crippen LogP contribution is 2.28. The lowest BCUT2D eigenvalue weighted by Gasteiger charge is -2.27. The molecule has 4 rings (SSSR count). The van der Waals surface area contributed by atoms with Gasteiger partial charge in [0, 0.05) is 31.0 Å². The fourth-order valence-electron chi connectivity index (χ4n) is 2.94. The third-order valence-corrected chi connectivity index (χ3v) is 4.12. The van der Waals surface area contributed by atoms with E-state index in [1.807, 2.05) is 23.6 Å². The lowest BCUT2D eigenvalue weighted by atomic mass is 10.1. The Morgan fingerprint density at radius 1 is 1.17 bits per heavy atom. The molecule has 1 aliphatic rings. The van der Waals surface area contributed by atoms with Crippen LogP contribution in [0, 0.1) is 12.7 Å². The first-order chi connectivity index (χ1) is 11.2. The molecule has 5 nitrogen and oxygen atoms in total. The Bertz CT molecular complexity index is 855. The number of aryl methyl sites for hydroxylation is 1. The van der Waals surface area contributed by atoms with Gasteiger partial charge < -0.3 is 9.64 Å².